The molecule has 0 saturated heterocycles. The van der Waals surface area contributed by atoms with E-state index in [1.807, 2.05) is 0 Å². The van der Waals surface area contributed by atoms with Gasteiger partial charge >= 0.3 is 5.97 Å². The van der Waals surface area contributed by atoms with Crippen LogP contribution in [0.5, 0.6) is 5.75 Å². The van der Waals surface area contributed by atoms with Crippen molar-refractivity contribution in [2.75, 3.05) is 14.2 Å². The summed E-state index contributed by atoms with van der Waals surface area (Å²) in [6.07, 6.45) is 3.49. The molecule has 0 spiro atoms. The summed E-state index contributed by atoms with van der Waals surface area (Å²) < 4.78 is 9.56. The van der Waals surface area contributed by atoms with Gasteiger partial charge in [0.15, 0.2) is 0 Å². The third-order valence-electron chi connectivity index (χ3n) is 2.71. The number of fused-ring (bicyclic) bond motifs is 1. The molecule has 18 heavy (non-hydrogen) atoms. The number of Topliss-reactive ketones (excluding diaryl/α,β-unsaturated/α-hetero) is 1. The van der Waals surface area contributed by atoms with Crippen molar-refractivity contribution in [3.63, 3.8) is 0 Å². The van der Waals surface area contributed by atoms with E-state index in [4.69, 9.17) is 16.3 Å². The van der Waals surface area contributed by atoms with Crippen LogP contribution >= 0.6 is 11.6 Å². The number of rotatable bonds is 3. The first-order chi connectivity index (χ1) is 8.60. The summed E-state index contributed by atoms with van der Waals surface area (Å²) in [4.78, 5) is 27.1. The van der Waals surface area contributed by atoms with E-state index in [1.165, 1.54) is 13.3 Å². The van der Waals surface area contributed by atoms with Gasteiger partial charge in [-0.1, -0.05) is 17.7 Å². The molecule has 0 N–H and O–H groups in total. The molecule has 1 aliphatic rings. The van der Waals surface area contributed by atoms with E-state index >= 15 is 0 Å². The maximum atomic E-state index is 11.9. The van der Waals surface area contributed by atoms with Crippen LogP contribution in [0.4, 0.5) is 0 Å². The monoisotopic (exact) mass is 267 g/mol. The lowest BCUT2D eigenvalue weighted by Crippen LogP contribution is -2.16. The lowest BCUT2D eigenvalue weighted by Gasteiger charge is -2.10. The summed E-state index contributed by atoms with van der Waals surface area (Å²) >= 11 is 5.95. The van der Waals surface area contributed by atoms with E-state index < -0.39 is 11.8 Å². The second-order valence-electron chi connectivity index (χ2n) is 3.61. The lowest BCUT2D eigenvalue weighted by molar-refractivity contribution is -0.148. The lowest BCUT2D eigenvalue weighted by atomic mass is 10.0. The standard InChI is InChI=1S/C12H10ClNO4/c1-17-8-5-14-11(13)7-4-3-6(9(7)8)10(15)12(16)18-2/h3,5H,4H2,1-2H3. The third kappa shape index (κ3) is 1.86. The first-order valence-corrected chi connectivity index (χ1v) is 5.52. The number of esters is 1. The molecule has 1 aromatic rings. The van der Waals surface area contributed by atoms with E-state index in [1.54, 1.807) is 6.08 Å². The first kappa shape index (κ1) is 12.6. The van der Waals surface area contributed by atoms with Gasteiger partial charge in [-0.3, -0.25) is 4.79 Å². The number of aromatic nitrogens is 1. The fourth-order valence-electron chi connectivity index (χ4n) is 1.86. The number of halogens is 1. The van der Waals surface area contributed by atoms with Crippen LogP contribution < -0.4 is 4.74 Å². The van der Waals surface area contributed by atoms with E-state index in [0.717, 1.165) is 7.11 Å². The maximum Gasteiger partial charge on any atom is 0.379 e. The average molecular weight is 268 g/mol. The number of carbonyl (C=O) groups is 2. The van der Waals surface area contributed by atoms with Crippen molar-refractivity contribution in [1.82, 2.24) is 4.98 Å². The van der Waals surface area contributed by atoms with Crippen molar-refractivity contribution in [2.45, 2.75) is 6.42 Å². The Labute approximate surface area is 108 Å². The second-order valence-corrected chi connectivity index (χ2v) is 3.97. The number of hydrogen-bond donors (Lipinski definition) is 0. The fourth-order valence-corrected chi connectivity index (χ4v) is 2.08. The minimum absolute atomic E-state index is 0.248. The highest BCUT2D eigenvalue weighted by molar-refractivity contribution is 6.52. The van der Waals surface area contributed by atoms with Crippen molar-refractivity contribution in [1.29, 1.82) is 0 Å². The molecule has 0 fully saturated rings. The molecule has 1 aliphatic carbocycles. The topological polar surface area (TPSA) is 65.5 Å². The van der Waals surface area contributed by atoms with Gasteiger partial charge in [0.1, 0.15) is 10.9 Å². The summed E-state index contributed by atoms with van der Waals surface area (Å²) in [5, 5.41) is 0.301. The Balaban J connectivity index is 2.52. The quantitative estimate of drug-likeness (QED) is 0.471. The average Bonchev–Trinajstić information content (AvgIpc) is 2.83. The van der Waals surface area contributed by atoms with Gasteiger partial charge in [0.05, 0.1) is 20.4 Å². The Morgan fingerprint density at radius 3 is 2.72 bits per heavy atom. The zero-order valence-corrected chi connectivity index (χ0v) is 10.6. The number of hydrogen-bond acceptors (Lipinski definition) is 5. The van der Waals surface area contributed by atoms with Crippen LogP contribution in [0.2, 0.25) is 5.15 Å². The van der Waals surface area contributed by atoms with Gasteiger partial charge < -0.3 is 9.47 Å². The molecule has 1 aromatic heterocycles. The van der Waals surface area contributed by atoms with E-state index in [9.17, 15) is 9.59 Å². The number of ketones is 1. The largest absolute Gasteiger partial charge is 0.494 e. The Morgan fingerprint density at radius 1 is 1.39 bits per heavy atom. The van der Waals surface area contributed by atoms with Gasteiger partial charge in [-0.25, -0.2) is 9.78 Å². The fraction of sp³-hybridized carbons (Fsp3) is 0.250. The number of nitrogens with zero attached hydrogens (tertiary/aromatic N) is 1. The van der Waals surface area contributed by atoms with Crippen LogP contribution in [-0.4, -0.2) is 31.0 Å². The van der Waals surface area contributed by atoms with Crippen molar-refractivity contribution in [3.8, 4) is 5.75 Å². The number of ether oxygens (including phenoxy) is 2. The van der Waals surface area contributed by atoms with Crippen LogP contribution in [-0.2, 0) is 20.7 Å². The summed E-state index contributed by atoms with van der Waals surface area (Å²) in [6.45, 7) is 0. The number of pyridine rings is 1. The minimum atomic E-state index is -0.913. The normalized spacial score (nSPS) is 12.7. The predicted octanol–water partition coefficient (Wildman–Crippen LogP) is 1.43. The SMILES string of the molecule is COC(=O)C(=O)C1=CCc2c(Cl)ncc(OC)c21. The molecule has 0 amide bonds. The van der Waals surface area contributed by atoms with Crippen molar-refractivity contribution in [3.05, 3.63) is 28.6 Å². The van der Waals surface area contributed by atoms with Gasteiger partial charge in [0.2, 0.25) is 0 Å². The highest BCUT2D eigenvalue weighted by atomic mass is 35.5. The molecule has 2 rings (SSSR count). The zero-order valence-electron chi connectivity index (χ0n) is 9.82. The summed E-state index contributed by atoms with van der Waals surface area (Å²) in [5.74, 6) is -1.21. The van der Waals surface area contributed by atoms with Crippen LogP contribution in [0, 0.1) is 0 Å². The van der Waals surface area contributed by atoms with E-state index in [0.29, 0.717) is 28.5 Å². The van der Waals surface area contributed by atoms with Gasteiger partial charge in [0, 0.05) is 16.7 Å². The minimum Gasteiger partial charge on any atom is -0.494 e. The van der Waals surface area contributed by atoms with Gasteiger partial charge in [-0.05, 0) is 6.42 Å². The molecule has 0 saturated carbocycles. The number of allylic oxidation sites excluding steroid dienone is 1. The Hall–Kier alpha value is -1.88. The Kier molecular flexibility index (Phi) is 3.34. The van der Waals surface area contributed by atoms with E-state index in [2.05, 4.69) is 9.72 Å². The molecule has 0 aliphatic heterocycles. The molecule has 6 heteroatoms. The molecule has 1 heterocycles. The predicted molar refractivity (Wildman–Crippen MR) is 64.5 cm³/mol. The summed E-state index contributed by atoms with van der Waals surface area (Å²) in [6, 6.07) is 0. The smallest absolute Gasteiger partial charge is 0.379 e. The van der Waals surface area contributed by atoms with Crippen molar-refractivity contribution in [2.24, 2.45) is 0 Å². The molecular weight excluding hydrogens is 258 g/mol. The van der Waals surface area contributed by atoms with Gasteiger partial charge in [0.25, 0.3) is 5.78 Å². The number of methoxy groups -OCH3 is 2. The molecular formula is C12H10ClNO4. The van der Waals surface area contributed by atoms with Crippen molar-refractivity contribution < 1.29 is 19.1 Å². The zero-order chi connectivity index (χ0) is 13.3. The highest BCUT2D eigenvalue weighted by Crippen LogP contribution is 2.38. The van der Waals surface area contributed by atoms with Crippen LogP contribution in [0.3, 0.4) is 0 Å². The molecule has 0 atom stereocenters. The summed E-state index contributed by atoms with van der Waals surface area (Å²) in [7, 11) is 2.62. The molecule has 0 unspecified atom stereocenters. The number of carbonyl (C=O) groups excluding carboxylic acids is 2. The second kappa shape index (κ2) is 4.78. The van der Waals surface area contributed by atoms with Gasteiger partial charge in [-0.15, -0.1) is 0 Å². The van der Waals surface area contributed by atoms with Crippen molar-refractivity contribution >= 4 is 28.9 Å². The first-order valence-electron chi connectivity index (χ1n) is 5.14. The molecule has 0 bridgehead atoms. The van der Waals surface area contributed by atoms with Crippen LogP contribution in [0.25, 0.3) is 5.57 Å². The van der Waals surface area contributed by atoms with Crippen LogP contribution in [0.1, 0.15) is 11.1 Å². The van der Waals surface area contributed by atoms with E-state index in [-0.39, 0.29) is 5.57 Å². The molecule has 94 valence electrons. The van der Waals surface area contributed by atoms with Gasteiger partial charge in [-0.2, -0.15) is 0 Å². The Bertz CT molecular complexity index is 565. The summed E-state index contributed by atoms with van der Waals surface area (Å²) in [5.41, 5.74) is 1.45. The molecule has 0 aromatic carbocycles. The Morgan fingerprint density at radius 2 is 2.11 bits per heavy atom. The molecule has 0 radical (unpaired) electrons. The maximum absolute atomic E-state index is 11.9. The highest BCUT2D eigenvalue weighted by Gasteiger charge is 2.30. The van der Waals surface area contributed by atoms with Crippen LogP contribution in [0.15, 0.2) is 12.3 Å². The third-order valence-corrected chi connectivity index (χ3v) is 3.03. The molecule has 5 nitrogen and oxygen atoms in total.